The summed E-state index contributed by atoms with van der Waals surface area (Å²) >= 11 is 7.99. The molecule has 1 heterocycles. The van der Waals surface area contributed by atoms with Crippen LogP contribution in [0, 0.1) is 6.92 Å². The SMILES string of the molecule is CCOC(=O)C1=C(O)/C(=C/c2cc(Br)c(OCc3ccc(Br)cc3)c(OC)c2)SC1=NC(=O)c1ccc(C)cc1. The number of benzene rings is 3. The largest absolute Gasteiger partial charge is 0.506 e. The lowest BCUT2D eigenvalue weighted by Gasteiger charge is -2.14. The average molecular weight is 687 g/mol. The number of halogens is 2. The van der Waals surface area contributed by atoms with Crippen LogP contribution in [0.2, 0.25) is 0 Å². The van der Waals surface area contributed by atoms with Crippen molar-refractivity contribution in [3.63, 3.8) is 0 Å². The summed E-state index contributed by atoms with van der Waals surface area (Å²) in [4.78, 5) is 30.0. The third-order valence-corrected chi connectivity index (χ3v) is 7.86. The number of carbonyl (C=O) groups is 2. The predicted octanol–water partition coefficient (Wildman–Crippen LogP) is 7.81. The highest BCUT2D eigenvalue weighted by molar-refractivity contribution is 9.10. The number of hydrogen-bond donors (Lipinski definition) is 1. The molecule has 0 fully saturated rings. The minimum atomic E-state index is -0.762. The van der Waals surface area contributed by atoms with E-state index in [9.17, 15) is 14.7 Å². The van der Waals surface area contributed by atoms with E-state index in [1.54, 1.807) is 49.4 Å². The maximum Gasteiger partial charge on any atom is 0.344 e. The number of aryl methyl sites for hydroxylation is 1. The molecule has 1 aliphatic heterocycles. The zero-order chi connectivity index (χ0) is 28.8. The zero-order valence-electron chi connectivity index (χ0n) is 21.9. The van der Waals surface area contributed by atoms with Gasteiger partial charge < -0.3 is 19.3 Å². The highest BCUT2D eigenvalue weighted by atomic mass is 79.9. The molecule has 0 unspecified atom stereocenters. The van der Waals surface area contributed by atoms with Crippen molar-refractivity contribution in [3.8, 4) is 11.5 Å². The molecule has 1 N–H and O–H groups in total. The van der Waals surface area contributed by atoms with Crippen molar-refractivity contribution < 1.29 is 28.9 Å². The lowest BCUT2D eigenvalue weighted by Crippen LogP contribution is -2.14. The lowest BCUT2D eigenvalue weighted by atomic mass is 10.1. The van der Waals surface area contributed by atoms with E-state index in [-0.39, 0.29) is 23.0 Å². The summed E-state index contributed by atoms with van der Waals surface area (Å²) in [6, 6.07) is 18.3. The summed E-state index contributed by atoms with van der Waals surface area (Å²) in [6.07, 6.45) is 1.67. The average Bonchev–Trinajstić information content (AvgIpc) is 3.23. The van der Waals surface area contributed by atoms with Crippen LogP contribution in [-0.2, 0) is 16.1 Å². The monoisotopic (exact) mass is 685 g/mol. The first-order chi connectivity index (χ1) is 19.2. The normalized spacial score (nSPS) is 15.0. The van der Waals surface area contributed by atoms with Gasteiger partial charge in [-0.25, -0.2) is 9.79 Å². The number of esters is 1. The van der Waals surface area contributed by atoms with Gasteiger partial charge in [0.2, 0.25) is 0 Å². The molecule has 0 saturated heterocycles. The van der Waals surface area contributed by atoms with E-state index in [0.717, 1.165) is 27.4 Å². The standard InChI is InChI=1S/C30H25Br2NO6S/c1-4-38-30(36)25-26(34)24(40-29(25)33-28(35)20-9-5-17(2)6-10-20)15-19-13-22(32)27(23(14-19)37-3)39-16-18-7-11-21(31)12-8-18/h5-15,34H,4,16H2,1-3H3/b24-15-,33-29?. The first-order valence-electron chi connectivity index (χ1n) is 12.1. The molecule has 4 rings (SSSR count). The molecular weight excluding hydrogens is 662 g/mol. The van der Waals surface area contributed by atoms with Crippen molar-refractivity contribution in [3.05, 3.63) is 108 Å². The molecule has 10 heteroatoms. The first kappa shape index (κ1) is 29.6. The van der Waals surface area contributed by atoms with Gasteiger partial charge in [0, 0.05) is 10.0 Å². The van der Waals surface area contributed by atoms with Gasteiger partial charge in [-0.3, -0.25) is 4.79 Å². The van der Waals surface area contributed by atoms with Crippen molar-refractivity contribution in [1.29, 1.82) is 0 Å². The number of methoxy groups -OCH3 is 1. The minimum absolute atomic E-state index is 0.0632. The van der Waals surface area contributed by atoms with E-state index in [1.807, 2.05) is 31.2 Å². The molecule has 0 aliphatic carbocycles. The Balaban J connectivity index is 1.65. The van der Waals surface area contributed by atoms with Crippen molar-refractivity contribution >= 4 is 66.6 Å². The van der Waals surface area contributed by atoms with Gasteiger partial charge in [-0.05, 0) is 83.4 Å². The number of aliphatic imine (C=N–C) groups is 1. The van der Waals surface area contributed by atoms with Gasteiger partial charge in [-0.2, -0.15) is 0 Å². The van der Waals surface area contributed by atoms with E-state index in [1.165, 1.54) is 7.11 Å². The van der Waals surface area contributed by atoms with Gasteiger partial charge >= 0.3 is 5.97 Å². The van der Waals surface area contributed by atoms with Crippen LogP contribution in [-0.4, -0.2) is 35.7 Å². The fourth-order valence-electron chi connectivity index (χ4n) is 3.70. The van der Waals surface area contributed by atoms with Gasteiger partial charge in [-0.1, -0.05) is 57.5 Å². The topological polar surface area (TPSA) is 94.4 Å². The van der Waals surface area contributed by atoms with Crippen LogP contribution in [0.3, 0.4) is 0 Å². The van der Waals surface area contributed by atoms with Crippen molar-refractivity contribution in [2.24, 2.45) is 4.99 Å². The Labute approximate surface area is 253 Å². The molecule has 40 heavy (non-hydrogen) atoms. The number of nitrogens with zero attached hydrogens (tertiary/aromatic N) is 1. The van der Waals surface area contributed by atoms with E-state index in [4.69, 9.17) is 14.2 Å². The van der Waals surface area contributed by atoms with Gasteiger partial charge in [-0.15, -0.1) is 0 Å². The molecule has 0 aromatic heterocycles. The molecule has 3 aromatic carbocycles. The highest BCUT2D eigenvalue weighted by Gasteiger charge is 2.34. The molecule has 206 valence electrons. The second-order valence-corrected chi connectivity index (χ2v) is 11.4. The molecule has 0 saturated carbocycles. The Morgan fingerprint density at radius 3 is 2.40 bits per heavy atom. The van der Waals surface area contributed by atoms with Crippen molar-refractivity contribution in [1.82, 2.24) is 0 Å². The summed E-state index contributed by atoms with van der Waals surface area (Å²) < 4.78 is 18.3. The summed E-state index contributed by atoms with van der Waals surface area (Å²) in [5.74, 6) is -0.621. The summed E-state index contributed by atoms with van der Waals surface area (Å²) in [5.41, 5.74) is 2.85. The maximum absolute atomic E-state index is 12.8. The van der Waals surface area contributed by atoms with Crippen LogP contribution >= 0.6 is 43.6 Å². The van der Waals surface area contributed by atoms with Crippen LogP contribution in [0.15, 0.2) is 90.8 Å². The van der Waals surface area contributed by atoms with E-state index in [0.29, 0.717) is 38.6 Å². The van der Waals surface area contributed by atoms with Crippen molar-refractivity contribution in [2.75, 3.05) is 13.7 Å². The second kappa shape index (κ2) is 13.3. The Hall–Kier alpha value is -3.34. The fraction of sp³-hybridized carbons (Fsp3) is 0.167. The van der Waals surface area contributed by atoms with Crippen LogP contribution < -0.4 is 9.47 Å². The van der Waals surface area contributed by atoms with Gasteiger partial charge in [0.15, 0.2) is 11.5 Å². The molecule has 7 nitrogen and oxygen atoms in total. The molecule has 0 radical (unpaired) electrons. The molecule has 3 aromatic rings. The van der Waals surface area contributed by atoms with Gasteiger partial charge in [0.05, 0.1) is 23.1 Å². The third kappa shape index (κ3) is 7.04. The summed E-state index contributed by atoms with van der Waals surface area (Å²) in [7, 11) is 1.53. The third-order valence-electron chi connectivity index (χ3n) is 5.72. The van der Waals surface area contributed by atoms with Crippen LogP contribution in [0.5, 0.6) is 11.5 Å². The Morgan fingerprint density at radius 2 is 1.75 bits per heavy atom. The first-order valence-corrected chi connectivity index (χ1v) is 14.6. The molecular formula is C30H25Br2NO6S. The Bertz CT molecular complexity index is 1530. The number of amides is 1. The van der Waals surface area contributed by atoms with Gasteiger partial charge in [0.1, 0.15) is 23.0 Å². The van der Waals surface area contributed by atoms with Crippen LogP contribution in [0.25, 0.3) is 6.08 Å². The second-order valence-electron chi connectivity index (χ2n) is 8.59. The maximum atomic E-state index is 12.8. The fourth-order valence-corrected chi connectivity index (χ4v) is 5.55. The quantitative estimate of drug-likeness (QED) is 0.242. The molecule has 0 bridgehead atoms. The van der Waals surface area contributed by atoms with Crippen LogP contribution in [0.4, 0.5) is 0 Å². The van der Waals surface area contributed by atoms with E-state index < -0.39 is 11.9 Å². The zero-order valence-corrected chi connectivity index (χ0v) is 25.9. The van der Waals surface area contributed by atoms with E-state index in [2.05, 4.69) is 36.9 Å². The number of rotatable bonds is 8. The predicted molar refractivity (Wildman–Crippen MR) is 164 cm³/mol. The van der Waals surface area contributed by atoms with Gasteiger partial charge in [0.25, 0.3) is 5.91 Å². The summed E-state index contributed by atoms with van der Waals surface area (Å²) in [5, 5.41) is 11.1. The summed E-state index contributed by atoms with van der Waals surface area (Å²) in [6.45, 7) is 4.01. The van der Waals surface area contributed by atoms with E-state index >= 15 is 0 Å². The number of aliphatic hydroxyl groups is 1. The molecule has 0 atom stereocenters. The number of thioether (sulfide) groups is 1. The van der Waals surface area contributed by atoms with Crippen LogP contribution in [0.1, 0.15) is 34.0 Å². The number of hydrogen-bond acceptors (Lipinski definition) is 7. The number of aliphatic hydroxyl groups excluding tert-OH is 1. The smallest absolute Gasteiger partial charge is 0.344 e. The minimum Gasteiger partial charge on any atom is -0.506 e. The highest BCUT2D eigenvalue weighted by Crippen LogP contribution is 2.42. The lowest BCUT2D eigenvalue weighted by molar-refractivity contribution is -0.138. The molecule has 0 spiro atoms. The number of carbonyl (C=O) groups excluding carboxylic acids is 2. The van der Waals surface area contributed by atoms with Crippen molar-refractivity contribution in [2.45, 2.75) is 20.5 Å². The molecule has 1 amide bonds. The molecule has 1 aliphatic rings. The number of ether oxygens (including phenoxy) is 3. The Morgan fingerprint density at radius 1 is 1.05 bits per heavy atom. The Kier molecular flexibility index (Phi) is 9.89.